The number of aromatic nitrogens is 1. The summed E-state index contributed by atoms with van der Waals surface area (Å²) in [6.07, 6.45) is 0. The Labute approximate surface area is 111 Å². The summed E-state index contributed by atoms with van der Waals surface area (Å²) >= 11 is 0. The van der Waals surface area contributed by atoms with E-state index in [4.69, 9.17) is 10.2 Å². The van der Waals surface area contributed by atoms with E-state index in [2.05, 4.69) is 10.3 Å². The molecule has 0 aliphatic rings. The summed E-state index contributed by atoms with van der Waals surface area (Å²) in [5.41, 5.74) is 10.3. The topological polar surface area (TPSA) is 64.1 Å². The number of fused-ring (bicyclic) bond motifs is 1. The number of rotatable bonds is 3. The number of hydrogen-bond donors (Lipinski definition) is 2. The molecule has 0 aliphatic carbocycles. The summed E-state index contributed by atoms with van der Waals surface area (Å²) < 4.78 is 5.51. The molecule has 4 heteroatoms. The lowest BCUT2D eigenvalue weighted by molar-refractivity contribution is 0.561. The van der Waals surface area contributed by atoms with Crippen LogP contribution in [-0.4, -0.2) is 4.98 Å². The van der Waals surface area contributed by atoms with Gasteiger partial charge in [-0.25, -0.2) is 4.98 Å². The first kappa shape index (κ1) is 11.6. The summed E-state index contributed by atoms with van der Waals surface area (Å²) in [7, 11) is 0. The van der Waals surface area contributed by atoms with Gasteiger partial charge in [0.1, 0.15) is 5.52 Å². The molecular formula is C15H15N3O. The van der Waals surface area contributed by atoms with Gasteiger partial charge in [0.25, 0.3) is 0 Å². The van der Waals surface area contributed by atoms with Gasteiger partial charge in [-0.1, -0.05) is 12.1 Å². The van der Waals surface area contributed by atoms with Crippen LogP contribution in [0.1, 0.15) is 11.5 Å². The van der Waals surface area contributed by atoms with Crippen molar-refractivity contribution in [2.24, 2.45) is 0 Å². The molecule has 0 bridgehead atoms. The molecule has 0 fully saturated rings. The van der Waals surface area contributed by atoms with E-state index in [1.807, 2.05) is 49.4 Å². The van der Waals surface area contributed by atoms with Crippen LogP contribution in [-0.2, 0) is 6.54 Å². The number of oxazole rings is 1. The van der Waals surface area contributed by atoms with E-state index < -0.39 is 0 Å². The second-order valence-corrected chi connectivity index (χ2v) is 4.51. The van der Waals surface area contributed by atoms with Crippen molar-refractivity contribution in [2.75, 3.05) is 11.1 Å². The Balaban J connectivity index is 1.75. The third kappa shape index (κ3) is 2.52. The van der Waals surface area contributed by atoms with Crippen LogP contribution in [0, 0.1) is 6.92 Å². The summed E-state index contributed by atoms with van der Waals surface area (Å²) in [4.78, 5) is 4.27. The van der Waals surface area contributed by atoms with E-state index in [1.165, 1.54) is 5.56 Å². The molecular weight excluding hydrogens is 238 g/mol. The highest BCUT2D eigenvalue weighted by molar-refractivity contribution is 5.77. The molecule has 3 aromatic rings. The van der Waals surface area contributed by atoms with E-state index in [0.29, 0.717) is 5.89 Å². The molecule has 0 radical (unpaired) electrons. The Morgan fingerprint density at radius 1 is 1.16 bits per heavy atom. The van der Waals surface area contributed by atoms with Gasteiger partial charge in [-0.05, 0) is 29.8 Å². The van der Waals surface area contributed by atoms with E-state index in [1.54, 1.807) is 0 Å². The molecule has 3 N–H and O–H groups in total. The molecule has 0 saturated heterocycles. The number of hydrogen-bond acceptors (Lipinski definition) is 4. The molecule has 0 atom stereocenters. The summed E-state index contributed by atoms with van der Waals surface area (Å²) in [5, 5.41) is 3.35. The van der Waals surface area contributed by atoms with Crippen LogP contribution in [0.15, 0.2) is 46.9 Å². The average Bonchev–Trinajstić information content (AvgIpc) is 2.77. The lowest BCUT2D eigenvalue weighted by atomic mass is 10.2. The zero-order chi connectivity index (χ0) is 13.2. The lowest BCUT2D eigenvalue weighted by Crippen LogP contribution is -1.99. The Morgan fingerprint density at radius 2 is 1.95 bits per heavy atom. The standard InChI is InChI=1S/C15H15N3O/c1-10-18-14-7-6-13(8-15(14)19-10)17-9-11-2-4-12(16)5-3-11/h2-8,17H,9,16H2,1H3. The zero-order valence-electron chi connectivity index (χ0n) is 10.7. The van der Waals surface area contributed by atoms with E-state index in [0.717, 1.165) is 29.0 Å². The second-order valence-electron chi connectivity index (χ2n) is 4.51. The predicted molar refractivity (Wildman–Crippen MR) is 76.9 cm³/mol. The van der Waals surface area contributed by atoms with Crippen molar-refractivity contribution in [1.29, 1.82) is 0 Å². The van der Waals surface area contributed by atoms with Crippen molar-refractivity contribution in [3.05, 3.63) is 53.9 Å². The maximum atomic E-state index is 5.66. The molecule has 19 heavy (non-hydrogen) atoms. The largest absolute Gasteiger partial charge is 0.441 e. The fourth-order valence-electron chi connectivity index (χ4n) is 1.99. The molecule has 3 rings (SSSR count). The van der Waals surface area contributed by atoms with Crippen molar-refractivity contribution in [3.63, 3.8) is 0 Å². The minimum Gasteiger partial charge on any atom is -0.441 e. The monoisotopic (exact) mass is 253 g/mol. The highest BCUT2D eigenvalue weighted by atomic mass is 16.3. The van der Waals surface area contributed by atoms with Gasteiger partial charge >= 0.3 is 0 Å². The van der Waals surface area contributed by atoms with Gasteiger partial charge in [0.05, 0.1) is 0 Å². The number of aryl methyl sites for hydroxylation is 1. The molecule has 96 valence electrons. The quantitative estimate of drug-likeness (QED) is 0.703. The van der Waals surface area contributed by atoms with Crippen molar-refractivity contribution < 1.29 is 4.42 Å². The smallest absolute Gasteiger partial charge is 0.192 e. The van der Waals surface area contributed by atoms with E-state index in [-0.39, 0.29) is 0 Å². The maximum absolute atomic E-state index is 5.66. The van der Waals surface area contributed by atoms with Gasteiger partial charge in [-0.15, -0.1) is 0 Å². The van der Waals surface area contributed by atoms with Gasteiger partial charge in [-0.2, -0.15) is 0 Å². The first-order valence-corrected chi connectivity index (χ1v) is 6.16. The van der Waals surface area contributed by atoms with Crippen LogP contribution in [0.25, 0.3) is 11.1 Å². The van der Waals surface area contributed by atoms with Gasteiger partial charge < -0.3 is 15.5 Å². The molecule has 0 aliphatic heterocycles. The van der Waals surface area contributed by atoms with Crippen LogP contribution in [0.3, 0.4) is 0 Å². The van der Waals surface area contributed by atoms with Crippen molar-refractivity contribution in [3.8, 4) is 0 Å². The van der Waals surface area contributed by atoms with Crippen LogP contribution in [0.2, 0.25) is 0 Å². The molecule has 1 heterocycles. The number of nitrogens with two attached hydrogens (primary N) is 1. The normalized spacial score (nSPS) is 10.8. The molecule has 1 aromatic heterocycles. The molecule has 0 amide bonds. The third-order valence-electron chi connectivity index (χ3n) is 2.97. The first-order valence-electron chi connectivity index (χ1n) is 6.16. The van der Waals surface area contributed by atoms with Crippen LogP contribution < -0.4 is 11.1 Å². The average molecular weight is 253 g/mol. The third-order valence-corrected chi connectivity index (χ3v) is 2.97. The first-order chi connectivity index (χ1) is 9.20. The number of anilines is 2. The number of nitrogens with one attached hydrogen (secondary N) is 1. The lowest BCUT2D eigenvalue weighted by Gasteiger charge is -2.06. The van der Waals surface area contributed by atoms with Gasteiger partial charge in [0.15, 0.2) is 11.5 Å². The van der Waals surface area contributed by atoms with Crippen molar-refractivity contribution in [2.45, 2.75) is 13.5 Å². The summed E-state index contributed by atoms with van der Waals surface area (Å²) in [5.74, 6) is 0.686. The van der Waals surface area contributed by atoms with Gasteiger partial charge in [-0.3, -0.25) is 0 Å². The number of nitrogens with zero attached hydrogens (tertiary/aromatic N) is 1. The second kappa shape index (κ2) is 4.65. The Kier molecular flexibility index (Phi) is 2.83. The Morgan fingerprint density at radius 3 is 2.74 bits per heavy atom. The highest BCUT2D eigenvalue weighted by Crippen LogP contribution is 2.20. The van der Waals surface area contributed by atoms with Crippen LogP contribution >= 0.6 is 0 Å². The maximum Gasteiger partial charge on any atom is 0.192 e. The SMILES string of the molecule is Cc1nc2ccc(NCc3ccc(N)cc3)cc2o1. The zero-order valence-corrected chi connectivity index (χ0v) is 10.7. The van der Waals surface area contributed by atoms with Crippen molar-refractivity contribution >= 4 is 22.5 Å². The molecule has 0 saturated carbocycles. The fourth-order valence-corrected chi connectivity index (χ4v) is 1.99. The molecule has 0 spiro atoms. The molecule has 0 unspecified atom stereocenters. The highest BCUT2D eigenvalue weighted by Gasteiger charge is 2.03. The number of nitrogen functional groups attached to an aromatic ring is 1. The van der Waals surface area contributed by atoms with Crippen LogP contribution in [0.4, 0.5) is 11.4 Å². The molecule has 4 nitrogen and oxygen atoms in total. The summed E-state index contributed by atoms with van der Waals surface area (Å²) in [6.45, 7) is 2.60. The van der Waals surface area contributed by atoms with Gasteiger partial charge in [0.2, 0.25) is 0 Å². The fraction of sp³-hybridized carbons (Fsp3) is 0.133. The van der Waals surface area contributed by atoms with E-state index >= 15 is 0 Å². The van der Waals surface area contributed by atoms with Gasteiger partial charge in [0, 0.05) is 30.9 Å². The Hall–Kier alpha value is -2.49. The molecule has 2 aromatic carbocycles. The summed E-state index contributed by atoms with van der Waals surface area (Å²) in [6, 6.07) is 13.8. The van der Waals surface area contributed by atoms with E-state index in [9.17, 15) is 0 Å². The Bertz CT molecular complexity index is 701. The predicted octanol–water partition coefficient (Wildman–Crippen LogP) is 3.33. The van der Waals surface area contributed by atoms with Crippen LogP contribution in [0.5, 0.6) is 0 Å². The minimum atomic E-state index is 0.686. The number of benzene rings is 2. The van der Waals surface area contributed by atoms with Crippen molar-refractivity contribution in [1.82, 2.24) is 4.98 Å². The minimum absolute atomic E-state index is 0.686.